The maximum atomic E-state index is 12.7. The van der Waals surface area contributed by atoms with Gasteiger partial charge in [0.15, 0.2) is 11.5 Å². The van der Waals surface area contributed by atoms with Gasteiger partial charge >= 0.3 is 0 Å². The molecule has 0 saturated carbocycles. The first kappa shape index (κ1) is 19.5. The molecule has 0 spiro atoms. The summed E-state index contributed by atoms with van der Waals surface area (Å²) in [5.41, 5.74) is 3.37. The SMILES string of the molecule is COc1ccc2[nH]cc(C3CCN(C(=O)/C=C/c4ccc5c(c4)OCCO5)CC3)c2c1. The molecule has 0 aliphatic carbocycles. The highest BCUT2D eigenvalue weighted by Crippen LogP contribution is 2.35. The Balaban J connectivity index is 1.22. The maximum Gasteiger partial charge on any atom is 0.246 e. The molecule has 2 aliphatic rings. The van der Waals surface area contributed by atoms with Gasteiger partial charge in [-0.05, 0) is 66.3 Å². The van der Waals surface area contributed by atoms with E-state index in [2.05, 4.69) is 23.3 Å². The minimum atomic E-state index is 0.0499. The number of benzene rings is 2. The number of likely N-dealkylation sites (tertiary alicyclic amines) is 1. The Hall–Kier alpha value is -3.41. The summed E-state index contributed by atoms with van der Waals surface area (Å²) in [5, 5.41) is 1.21. The Bertz CT molecular complexity index is 1130. The highest BCUT2D eigenvalue weighted by atomic mass is 16.6. The monoisotopic (exact) mass is 418 g/mol. The average Bonchev–Trinajstić information content (AvgIpc) is 3.25. The van der Waals surface area contributed by atoms with Crippen LogP contribution in [0, 0.1) is 0 Å². The molecule has 6 nitrogen and oxygen atoms in total. The number of amides is 1. The lowest BCUT2D eigenvalue weighted by Crippen LogP contribution is -2.36. The molecule has 1 fully saturated rings. The summed E-state index contributed by atoms with van der Waals surface area (Å²) in [6, 6.07) is 11.9. The van der Waals surface area contributed by atoms with Crippen molar-refractivity contribution in [2.24, 2.45) is 0 Å². The van der Waals surface area contributed by atoms with Crippen LogP contribution < -0.4 is 14.2 Å². The molecular formula is C25H26N2O4. The number of H-pyrrole nitrogens is 1. The Morgan fingerprint density at radius 1 is 1.10 bits per heavy atom. The molecule has 0 atom stereocenters. The van der Waals surface area contributed by atoms with Gasteiger partial charge in [0.1, 0.15) is 19.0 Å². The van der Waals surface area contributed by atoms with Crippen molar-refractivity contribution in [3.05, 3.63) is 59.8 Å². The first-order valence-corrected chi connectivity index (χ1v) is 10.7. The van der Waals surface area contributed by atoms with Gasteiger partial charge in [-0.3, -0.25) is 4.79 Å². The van der Waals surface area contributed by atoms with Crippen LogP contribution in [0.2, 0.25) is 0 Å². The summed E-state index contributed by atoms with van der Waals surface area (Å²) in [4.78, 5) is 18.0. The van der Waals surface area contributed by atoms with Gasteiger partial charge in [0.05, 0.1) is 7.11 Å². The van der Waals surface area contributed by atoms with E-state index in [1.807, 2.05) is 35.2 Å². The zero-order chi connectivity index (χ0) is 21.2. The first-order chi connectivity index (χ1) is 15.2. The summed E-state index contributed by atoms with van der Waals surface area (Å²) in [6.45, 7) is 2.64. The van der Waals surface area contributed by atoms with E-state index in [-0.39, 0.29) is 5.91 Å². The number of carbonyl (C=O) groups excluding carboxylic acids is 1. The summed E-state index contributed by atoms with van der Waals surface area (Å²) in [5.74, 6) is 2.84. The predicted molar refractivity (Wildman–Crippen MR) is 120 cm³/mol. The Morgan fingerprint density at radius 3 is 2.71 bits per heavy atom. The topological polar surface area (TPSA) is 63.8 Å². The van der Waals surface area contributed by atoms with Crippen molar-refractivity contribution in [2.75, 3.05) is 33.4 Å². The molecule has 2 aliphatic heterocycles. The third-order valence-electron chi connectivity index (χ3n) is 6.15. The standard InChI is InChI=1S/C25H26N2O4/c1-29-19-4-5-22-20(15-19)21(16-26-22)18-8-10-27(11-9-18)25(28)7-3-17-2-6-23-24(14-17)31-13-12-30-23/h2-7,14-16,18,26H,8-13H2,1H3/b7-3+. The largest absolute Gasteiger partial charge is 0.497 e. The third kappa shape index (κ3) is 3.98. The fourth-order valence-electron chi connectivity index (χ4n) is 4.43. The number of methoxy groups -OCH3 is 1. The van der Waals surface area contributed by atoms with E-state index >= 15 is 0 Å². The normalized spacial score (nSPS) is 16.7. The number of aromatic nitrogens is 1. The second-order valence-electron chi connectivity index (χ2n) is 7.99. The van der Waals surface area contributed by atoms with E-state index < -0.39 is 0 Å². The van der Waals surface area contributed by atoms with Gasteiger partial charge in [0, 0.05) is 36.3 Å². The van der Waals surface area contributed by atoms with Gasteiger partial charge in [-0.25, -0.2) is 0 Å². The number of hydrogen-bond acceptors (Lipinski definition) is 4. The van der Waals surface area contributed by atoms with E-state index in [1.54, 1.807) is 13.2 Å². The van der Waals surface area contributed by atoms with Crippen LogP contribution in [0.1, 0.15) is 29.9 Å². The zero-order valence-corrected chi connectivity index (χ0v) is 17.6. The Labute approximate surface area is 181 Å². The summed E-state index contributed by atoms with van der Waals surface area (Å²) in [7, 11) is 1.69. The number of carbonyl (C=O) groups is 1. The molecule has 1 N–H and O–H groups in total. The molecule has 31 heavy (non-hydrogen) atoms. The van der Waals surface area contributed by atoms with Gasteiger partial charge in [0.2, 0.25) is 5.91 Å². The van der Waals surface area contributed by atoms with Crippen LogP contribution in [0.15, 0.2) is 48.7 Å². The van der Waals surface area contributed by atoms with E-state index in [4.69, 9.17) is 14.2 Å². The van der Waals surface area contributed by atoms with Crippen molar-refractivity contribution in [3.63, 3.8) is 0 Å². The number of ether oxygens (including phenoxy) is 3. The molecule has 1 aromatic heterocycles. The molecule has 0 unspecified atom stereocenters. The lowest BCUT2D eigenvalue weighted by Gasteiger charge is -2.31. The van der Waals surface area contributed by atoms with Crippen molar-refractivity contribution in [2.45, 2.75) is 18.8 Å². The molecule has 0 radical (unpaired) electrons. The number of aromatic amines is 1. The van der Waals surface area contributed by atoms with Crippen molar-refractivity contribution >= 4 is 22.9 Å². The molecule has 3 heterocycles. The van der Waals surface area contributed by atoms with Crippen molar-refractivity contribution in [3.8, 4) is 17.2 Å². The van der Waals surface area contributed by atoms with E-state index in [1.165, 1.54) is 10.9 Å². The number of nitrogens with one attached hydrogen (secondary N) is 1. The Morgan fingerprint density at radius 2 is 1.90 bits per heavy atom. The van der Waals surface area contributed by atoms with Crippen molar-refractivity contribution in [1.29, 1.82) is 0 Å². The van der Waals surface area contributed by atoms with Crippen molar-refractivity contribution < 1.29 is 19.0 Å². The second-order valence-corrected chi connectivity index (χ2v) is 7.99. The van der Waals surface area contributed by atoms with Crippen molar-refractivity contribution in [1.82, 2.24) is 9.88 Å². The number of hydrogen-bond donors (Lipinski definition) is 1. The van der Waals surface area contributed by atoms with Gasteiger partial charge in [-0.15, -0.1) is 0 Å². The smallest absolute Gasteiger partial charge is 0.246 e. The molecule has 5 rings (SSSR count). The van der Waals surface area contributed by atoms with Crippen LogP contribution in [-0.4, -0.2) is 49.2 Å². The lowest BCUT2D eigenvalue weighted by molar-refractivity contribution is -0.126. The van der Waals surface area contributed by atoms with E-state index in [0.29, 0.717) is 19.1 Å². The lowest BCUT2D eigenvalue weighted by atomic mass is 9.89. The molecule has 6 heteroatoms. The van der Waals surface area contributed by atoms with Gasteiger partial charge in [0.25, 0.3) is 0 Å². The van der Waals surface area contributed by atoms with Crippen LogP contribution in [0.3, 0.4) is 0 Å². The number of rotatable bonds is 4. The van der Waals surface area contributed by atoms with Crippen LogP contribution >= 0.6 is 0 Å². The maximum absolute atomic E-state index is 12.7. The average molecular weight is 418 g/mol. The molecule has 160 valence electrons. The molecular weight excluding hydrogens is 392 g/mol. The van der Waals surface area contributed by atoms with Crippen LogP contribution in [-0.2, 0) is 4.79 Å². The number of fused-ring (bicyclic) bond motifs is 2. The van der Waals surface area contributed by atoms with Crippen LogP contribution in [0.4, 0.5) is 0 Å². The van der Waals surface area contributed by atoms with E-state index in [9.17, 15) is 4.79 Å². The molecule has 3 aromatic rings. The Kier molecular flexibility index (Phi) is 5.28. The number of nitrogens with zero attached hydrogens (tertiary/aromatic N) is 1. The highest BCUT2D eigenvalue weighted by Gasteiger charge is 2.24. The third-order valence-corrected chi connectivity index (χ3v) is 6.15. The first-order valence-electron chi connectivity index (χ1n) is 10.7. The second kappa shape index (κ2) is 8.38. The highest BCUT2D eigenvalue weighted by molar-refractivity contribution is 5.92. The molecule has 1 saturated heterocycles. The molecule has 2 aromatic carbocycles. The summed E-state index contributed by atoms with van der Waals surface area (Å²) < 4.78 is 16.5. The van der Waals surface area contributed by atoms with Crippen LogP contribution in [0.25, 0.3) is 17.0 Å². The zero-order valence-electron chi connectivity index (χ0n) is 17.6. The van der Waals surface area contributed by atoms with Crippen LogP contribution in [0.5, 0.6) is 17.2 Å². The van der Waals surface area contributed by atoms with E-state index in [0.717, 1.165) is 54.3 Å². The summed E-state index contributed by atoms with van der Waals surface area (Å²) >= 11 is 0. The quantitative estimate of drug-likeness (QED) is 0.639. The molecule has 1 amide bonds. The minimum Gasteiger partial charge on any atom is -0.497 e. The fourth-order valence-corrected chi connectivity index (χ4v) is 4.43. The number of piperidine rings is 1. The fraction of sp³-hybridized carbons (Fsp3) is 0.320. The van der Waals surface area contributed by atoms with Gasteiger partial charge in [-0.1, -0.05) is 6.07 Å². The van der Waals surface area contributed by atoms with Gasteiger partial charge in [-0.2, -0.15) is 0 Å². The molecule has 0 bridgehead atoms. The minimum absolute atomic E-state index is 0.0499. The van der Waals surface area contributed by atoms with Gasteiger partial charge < -0.3 is 24.1 Å². The summed E-state index contributed by atoms with van der Waals surface area (Å²) in [6.07, 6.45) is 7.51. The predicted octanol–water partition coefficient (Wildman–Crippen LogP) is 4.37.